The Morgan fingerprint density at radius 1 is 1.33 bits per heavy atom. The number of quaternary nitrogens is 1. The molecule has 2 rings (SSSR count). The molecule has 0 saturated carbocycles. The smallest absolute Gasteiger partial charge is 0.282 e. The van der Waals surface area contributed by atoms with Crippen molar-refractivity contribution in [2.75, 3.05) is 19.5 Å². The van der Waals surface area contributed by atoms with Crippen molar-refractivity contribution in [1.82, 2.24) is 0 Å². The molecular weight excluding hydrogens is 331 g/mol. The number of nitrogens with one attached hydrogen (secondary N) is 2. The van der Waals surface area contributed by atoms with E-state index >= 15 is 0 Å². The highest BCUT2D eigenvalue weighted by atomic mass is 35.5. The lowest BCUT2D eigenvalue weighted by Crippen LogP contribution is -3.12. The van der Waals surface area contributed by atoms with Gasteiger partial charge in [0.25, 0.3) is 5.91 Å². The lowest BCUT2D eigenvalue weighted by molar-refractivity contribution is -0.907. The van der Waals surface area contributed by atoms with Crippen LogP contribution in [0.1, 0.15) is 12.5 Å². The summed E-state index contributed by atoms with van der Waals surface area (Å²) >= 11 is 5.92. The average Bonchev–Trinajstić information content (AvgIpc) is 2.54. The van der Waals surface area contributed by atoms with Gasteiger partial charge in [-0.3, -0.25) is 4.79 Å². The molecule has 0 aliphatic rings. The van der Waals surface area contributed by atoms with Crippen LogP contribution in [0.25, 0.3) is 0 Å². The second kappa shape index (κ2) is 8.13. The molecule has 24 heavy (non-hydrogen) atoms. The number of anilines is 1. The van der Waals surface area contributed by atoms with Crippen molar-refractivity contribution in [3.05, 3.63) is 58.9 Å². The molecule has 2 N–H and O–H groups in total. The molecule has 0 aliphatic heterocycles. The van der Waals surface area contributed by atoms with Crippen LogP contribution >= 0.6 is 11.6 Å². The summed E-state index contributed by atoms with van der Waals surface area (Å²) in [6, 6.07) is 11.5. The molecule has 0 saturated heterocycles. The van der Waals surface area contributed by atoms with Gasteiger partial charge in [-0.2, -0.15) is 0 Å². The van der Waals surface area contributed by atoms with E-state index in [1.165, 1.54) is 13.2 Å². The fraction of sp³-hybridized carbons (Fsp3) is 0.278. The predicted molar refractivity (Wildman–Crippen MR) is 93.1 cm³/mol. The fourth-order valence-corrected chi connectivity index (χ4v) is 2.53. The summed E-state index contributed by atoms with van der Waals surface area (Å²) in [5.41, 5.74) is 1.45. The maximum Gasteiger partial charge on any atom is 0.282 e. The largest absolute Gasteiger partial charge is 0.494 e. The first kappa shape index (κ1) is 18.2. The van der Waals surface area contributed by atoms with Gasteiger partial charge in [0.15, 0.2) is 17.6 Å². The van der Waals surface area contributed by atoms with Crippen LogP contribution in [-0.4, -0.2) is 26.1 Å². The van der Waals surface area contributed by atoms with Crippen molar-refractivity contribution in [2.45, 2.75) is 19.5 Å². The van der Waals surface area contributed by atoms with Crippen LogP contribution in [0, 0.1) is 5.82 Å². The zero-order valence-electron chi connectivity index (χ0n) is 13.9. The number of ether oxygens (including phenoxy) is 1. The minimum absolute atomic E-state index is 0.122. The standard InChI is InChI=1S/C18H20ClFN2O2/c1-12(18(23)21-15-6-4-5-14(19)10-15)22(2)11-13-7-8-17(24-3)16(20)9-13/h4-10,12H,11H2,1-3H3,(H,21,23)/p+1/t12-/m1/s1. The van der Waals surface area contributed by atoms with Gasteiger partial charge in [0.05, 0.1) is 14.2 Å². The minimum atomic E-state index is -0.404. The predicted octanol–water partition coefficient (Wildman–Crippen LogP) is 2.53. The number of hydrogen-bond donors (Lipinski definition) is 2. The highest BCUT2D eigenvalue weighted by Crippen LogP contribution is 2.17. The summed E-state index contributed by atoms with van der Waals surface area (Å²) in [5, 5.41) is 3.41. The van der Waals surface area contributed by atoms with E-state index in [9.17, 15) is 9.18 Å². The molecule has 0 heterocycles. The second-order valence-electron chi connectivity index (χ2n) is 5.71. The maximum atomic E-state index is 13.8. The van der Waals surface area contributed by atoms with Crippen molar-refractivity contribution in [3.8, 4) is 5.75 Å². The number of hydrogen-bond acceptors (Lipinski definition) is 2. The summed E-state index contributed by atoms with van der Waals surface area (Å²) in [6.07, 6.45) is 0. The van der Waals surface area contributed by atoms with Crippen molar-refractivity contribution in [1.29, 1.82) is 0 Å². The van der Waals surface area contributed by atoms with Crippen LogP contribution in [0.15, 0.2) is 42.5 Å². The summed E-state index contributed by atoms with van der Waals surface area (Å²) in [4.78, 5) is 13.3. The summed E-state index contributed by atoms with van der Waals surface area (Å²) in [5.74, 6) is -0.314. The number of likely N-dealkylation sites (N-methyl/N-ethyl adjacent to an activating group) is 1. The monoisotopic (exact) mass is 351 g/mol. The van der Waals surface area contributed by atoms with Crippen LogP contribution in [0.4, 0.5) is 10.1 Å². The van der Waals surface area contributed by atoms with Gasteiger partial charge in [0.1, 0.15) is 6.54 Å². The Balaban J connectivity index is 1.99. The molecule has 6 heteroatoms. The zero-order valence-corrected chi connectivity index (χ0v) is 14.7. The van der Waals surface area contributed by atoms with Gasteiger partial charge in [0, 0.05) is 16.3 Å². The molecular formula is C18H21ClFN2O2+. The van der Waals surface area contributed by atoms with E-state index in [0.717, 1.165) is 10.5 Å². The molecule has 2 aromatic carbocycles. The van der Waals surface area contributed by atoms with E-state index < -0.39 is 5.82 Å². The van der Waals surface area contributed by atoms with E-state index in [-0.39, 0.29) is 17.7 Å². The van der Waals surface area contributed by atoms with Gasteiger partial charge in [-0.15, -0.1) is 0 Å². The number of amides is 1. The summed E-state index contributed by atoms with van der Waals surface area (Å²) in [6.45, 7) is 2.35. The lowest BCUT2D eigenvalue weighted by atomic mass is 10.1. The number of benzene rings is 2. The van der Waals surface area contributed by atoms with Crippen LogP contribution in [0.2, 0.25) is 5.02 Å². The molecule has 128 valence electrons. The Hall–Kier alpha value is -2.11. The van der Waals surface area contributed by atoms with Crippen LogP contribution < -0.4 is 15.0 Å². The second-order valence-corrected chi connectivity index (χ2v) is 6.15. The molecule has 0 fully saturated rings. The Labute approximate surface area is 146 Å². The van der Waals surface area contributed by atoms with E-state index in [1.807, 2.05) is 14.0 Å². The van der Waals surface area contributed by atoms with Crippen molar-refractivity contribution in [3.63, 3.8) is 0 Å². The average molecular weight is 352 g/mol. The third-order valence-corrected chi connectivity index (χ3v) is 4.16. The molecule has 1 amide bonds. The number of carbonyl (C=O) groups is 1. The normalized spacial score (nSPS) is 13.2. The molecule has 0 bridgehead atoms. The zero-order chi connectivity index (χ0) is 17.7. The third-order valence-electron chi connectivity index (χ3n) is 3.92. The molecule has 2 aromatic rings. The number of rotatable bonds is 6. The fourth-order valence-electron chi connectivity index (χ4n) is 2.34. The van der Waals surface area contributed by atoms with Crippen molar-refractivity contribution >= 4 is 23.2 Å². The summed E-state index contributed by atoms with van der Waals surface area (Å²) < 4.78 is 18.7. The molecule has 0 aliphatic carbocycles. The highest BCUT2D eigenvalue weighted by Gasteiger charge is 2.22. The molecule has 0 spiro atoms. The first-order valence-electron chi connectivity index (χ1n) is 7.62. The topological polar surface area (TPSA) is 42.8 Å². The van der Waals surface area contributed by atoms with Crippen LogP contribution in [-0.2, 0) is 11.3 Å². The summed E-state index contributed by atoms with van der Waals surface area (Å²) in [7, 11) is 3.32. The quantitative estimate of drug-likeness (QED) is 0.840. The van der Waals surface area contributed by atoms with Gasteiger partial charge >= 0.3 is 0 Å². The third kappa shape index (κ3) is 4.69. The first-order valence-corrected chi connectivity index (χ1v) is 7.99. The number of carbonyl (C=O) groups excluding carboxylic acids is 1. The maximum absolute atomic E-state index is 13.8. The Bertz CT molecular complexity index is 724. The van der Waals surface area contributed by atoms with Gasteiger partial charge in [-0.1, -0.05) is 17.7 Å². The first-order chi connectivity index (χ1) is 11.4. The van der Waals surface area contributed by atoms with Gasteiger partial charge in [0.2, 0.25) is 0 Å². The molecule has 0 radical (unpaired) electrons. The van der Waals surface area contributed by atoms with E-state index in [0.29, 0.717) is 17.3 Å². The molecule has 1 unspecified atom stereocenters. The van der Waals surface area contributed by atoms with Crippen molar-refractivity contribution < 1.29 is 18.8 Å². The molecule has 2 atom stereocenters. The van der Waals surface area contributed by atoms with E-state index in [2.05, 4.69) is 5.32 Å². The number of halogens is 2. The lowest BCUT2D eigenvalue weighted by Gasteiger charge is -2.21. The highest BCUT2D eigenvalue weighted by molar-refractivity contribution is 6.30. The van der Waals surface area contributed by atoms with E-state index in [4.69, 9.17) is 16.3 Å². The molecule has 0 aromatic heterocycles. The molecule has 4 nitrogen and oxygen atoms in total. The van der Waals surface area contributed by atoms with E-state index in [1.54, 1.807) is 36.4 Å². The SMILES string of the molecule is COc1ccc(C[NH+](C)[C@H](C)C(=O)Nc2cccc(Cl)c2)cc1F. The Morgan fingerprint density at radius 3 is 2.71 bits per heavy atom. The van der Waals surface area contributed by atoms with Crippen LogP contribution in [0.5, 0.6) is 5.75 Å². The Kier molecular flexibility index (Phi) is 6.17. The van der Waals surface area contributed by atoms with Crippen molar-refractivity contribution in [2.24, 2.45) is 0 Å². The van der Waals surface area contributed by atoms with Gasteiger partial charge < -0.3 is 15.0 Å². The minimum Gasteiger partial charge on any atom is -0.494 e. The van der Waals surface area contributed by atoms with Gasteiger partial charge in [-0.25, -0.2) is 4.39 Å². The van der Waals surface area contributed by atoms with Crippen LogP contribution in [0.3, 0.4) is 0 Å². The van der Waals surface area contributed by atoms with Gasteiger partial charge in [-0.05, 0) is 43.3 Å². The number of methoxy groups -OCH3 is 1. The Morgan fingerprint density at radius 2 is 2.08 bits per heavy atom.